The molecule has 1 saturated heterocycles. The van der Waals surface area contributed by atoms with E-state index in [-0.39, 0.29) is 6.03 Å². The molecule has 2 amide bonds. The molecule has 4 rings (SSSR count). The van der Waals surface area contributed by atoms with E-state index >= 15 is 0 Å². The minimum Gasteiger partial charge on any atom is -0.486 e. The van der Waals surface area contributed by atoms with Crippen LogP contribution in [0.3, 0.4) is 0 Å². The maximum Gasteiger partial charge on any atom is 0.321 e. The van der Waals surface area contributed by atoms with Gasteiger partial charge < -0.3 is 19.7 Å². The van der Waals surface area contributed by atoms with Gasteiger partial charge in [0, 0.05) is 56.9 Å². The van der Waals surface area contributed by atoms with Crippen molar-refractivity contribution < 1.29 is 14.3 Å². The van der Waals surface area contributed by atoms with Gasteiger partial charge >= 0.3 is 6.03 Å². The predicted molar refractivity (Wildman–Crippen MR) is 97.5 cm³/mol. The van der Waals surface area contributed by atoms with Crippen molar-refractivity contribution in [2.45, 2.75) is 6.54 Å². The third-order valence-corrected chi connectivity index (χ3v) is 4.58. The van der Waals surface area contributed by atoms with Crippen molar-refractivity contribution in [2.75, 3.05) is 44.7 Å². The first-order valence-electron chi connectivity index (χ1n) is 8.85. The molecular weight excluding hydrogens is 332 g/mol. The summed E-state index contributed by atoms with van der Waals surface area (Å²) in [7, 11) is 0. The molecule has 2 aliphatic heterocycles. The van der Waals surface area contributed by atoms with Gasteiger partial charge in [-0.2, -0.15) is 0 Å². The predicted octanol–water partition coefficient (Wildman–Crippen LogP) is 2.20. The van der Waals surface area contributed by atoms with Gasteiger partial charge in [-0.1, -0.05) is 6.07 Å². The Morgan fingerprint density at radius 2 is 1.88 bits per heavy atom. The van der Waals surface area contributed by atoms with Crippen LogP contribution in [0.1, 0.15) is 5.56 Å². The maximum absolute atomic E-state index is 12.5. The fraction of sp³-hybridized carbons (Fsp3) is 0.368. The van der Waals surface area contributed by atoms with Gasteiger partial charge in [-0.25, -0.2) is 4.79 Å². The SMILES string of the molecule is O=C(Nc1ccc2c(c1)OCCO2)N1CCN(Cc2cccnc2)CC1. The number of amides is 2. The topological polar surface area (TPSA) is 66.9 Å². The number of rotatable bonds is 3. The van der Waals surface area contributed by atoms with Crippen LogP contribution in [0.2, 0.25) is 0 Å². The Bertz CT molecular complexity index is 761. The molecule has 136 valence electrons. The second-order valence-corrected chi connectivity index (χ2v) is 6.41. The van der Waals surface area contributed by atoms with Crippen LogP contribution in [0.25, 0.3) is 0 Å². The quantitative estimate of drug-likeness (QED) is 0.915. The second-order valence-electron chi connectivity index (χ2n) is 6.41. The zero-order valence-corrected chi connectivity index (χ0v) is 14.6. The van der Waals surface area contributed by atoms with Crippen molar-refractivity contribution in [3.05, 3.63) is 48.3 Å². The Morgan fingerprint density at radius 1 is 1.08 bits per heavy atom. The number of piperazine rings is 1. The zero-order valence-electron chi connectivity index (χ0n) is 14.6. The van der Waals surface area contributed by atoms with Gasteiger partial charge in [0.05, 0.1) is 0 Å². The monoisotopic (exact) mass is 354 g/mol. The molecule has 0 atom stereocenters. The van der Waals surface area contributed by atoms with Crippen molar-refractivity contribution in [1.82, 2.24) is 14.8 Å². The smallest absolute Gasteiger partial charge is 0.321 e. The lowest BCUT2D eigenvalue weighted by atomic mass is 10.2. The standard InChI is InChI=1S/C19H22N4O3/c24-19(21-16-3-4-17-18(12-16)26-11-10-25-17)23-8-6-22(7-9-23)14-15-2-1-5-20-13-15/h1-5,12-13H,6-11,14H2,(H,21,24). The number of aromatic nitrogens is 1. The molecular formula is C19H22N4O3. The lowest BCUT2D eigenvalue weighted by Gasteiger charge is -2.34. The van der Waals surface area contributed by atoms with Crippen LogP contribution < -0.4 is 14.8 Å². The van der Waals surface area contributed by atoms with Gasteiger partial charge in [0.2, 0.25) is 0 Å². The number of carbonyl (C=O) groups excluding carboxylic acids is 1. The van der Waals surface area contributed by atoms with Gasteiger partial charge in [-0.3, -0.25) is 9.88 Å². The third-order valence-electron chi connectivity index (χ3n) is 4.58. The van der Waals surface area contributed by atoms with E-state index in [9.17, 15) is 4.79 Å². The number of urea groups is 1. The highest BCUT2D eigenvalue weighted by molar-refractivity contribution is 5.89. The molecule has 0 unspecified atom stereocenters. The molecule has 1 aromatic carbocycles. The van der Waals surface area contributed by atoms with Crippen LogP contribution in [0.15, 0.2) is 42.7 Å². The average Bonchev–Trinajstić information content (AvgIpc) is 2.69. The number of anilines is 1. The molecule has 0 aliphatic carbocycles. The largest absolute Gasteiger partial charge is 0.486 e. The Hall–Kier alpha value is -2.80. The molecule has 1 aromatic heterocycles. The maximum atomic E-state index is 12.5. The lowest BCUT2D eigenvalue weighted by molar-refractivity contribution is 0.143. The molecule has 7 heteroatoms. The number of nitrogens with one attached hydrogen (secondary N) is 1. The summed E-state index contributed by atoms with van der Waals surface area (Å²) in [5, 5.41) is 2.95. The van der Waals surface area contributed by atoms with Crippen molar-refractivity contribution in [1.29, 1.82) is 0 Å². The van der Waals surface area contributed by atoms with E-state index in [4.69, 9.17) is 9.47 Å². The molecule has 7 nitrogen and oxygen atoms in total. The van der Waals surface area contributed by atoms with Gasteiger partial charge in [0.25, 0.3) is 0 Å². The van der Waals surface area contributed by atoms with E-state index in [1.807, 2.05) is 35.4 Å². The third kappa shape index (κ3) is 3.88. The van der Waals surface area contributed by atoms with Crippen molar-refractivity contribution in [2.24, 2.45) is 0 Å². The summed E-state index contributed by atoms with van der Waals surface area (Å²) >= 11 is 0. The molecule has 1 fully saturated rings. The number of carbonyl (C=O) groups is 1. The Kier molecular flexibility index (Phi) is 4.88. The number of ether oxygens (including phenoxy) is 2. The van der Waals surface area contributed by atoms with Crippen molar-refractivity contribution >= 4 is 11.7 Å². The minimum atomic E-state index is -0.0808. The molecule has 3 heterocycles. The summed E-state index contributed by atoms with van der Waals surface area (Å²) in [5.74, 6) is 1.40. The van der Waals surface area contributed by atoms with E-state index in [1.165, 1.54) is 5.56 Å². The number of fused-ring (bicyclic) bond motifs is 1. The number of pyridine rings is 1. The average molecular weight is 354 g/mol. The van der Waals surface area contributed by atoms with E-state index in [1.54, 1.807) is 6.20 Å². The Balaban J connectivity index is 1.30. The highest BCUT2D eigenvalue weighted by Crippen LogP contribution is 2.32. The van der Waals surface area contributed by atoms with Crippen LogP contribution >= 0.6 is 0 Å². The van der Waals surface area contributed by atoms with Crippen molar-refractivity contribution in [3.8, 4) is 11.5 Å². The number of hydrogen-bond donors (Lipinski definition) is 1. The first-order valence-corrected chi connectivity index (χ1v) is 8.85. The van der Waals surface area contributed by atoms with Gasteiger partial charge in [-0.15, -0.1) is 0 Å². The van der Waals surface area contributed by atoms with Crippen molar-refractivity contribution in [3.63, 3.8) is 0 Å². The summed E-state index contributed by atoms with van der Waals surface area (Å²) in [4.78, 5) is 20.8. The molecule has 2 aliphatic rings. The zero-order chi connectivity index (χ0) is 17.8. The fourth-order valence-corrected chi connectivity index (χ4v) is 3.18. The Morgan fingerprint density at radius 3 is 2.65 bits per heavy atom. The molecule has 26 heavy (non-hydrogen) atoms. The molecule has 0 bridgehead atoms. The summed E-state index contributed by atoms with van der Waals surface area (Å²) in [5.41, 5.74) is 1.92. The van der Waals surface area contributed by atoms with E-state index in [2.05, 4.69) is 21.3 Å². The van der Waals surface area contributed by atoms with Crippen LogP contribution in [0.4, 0.5) is 10.5 Å². The van der Waals surface area contributed by atoms with Crippen LogP contribution in [-0.4, -0.2) is 60.2 Å². The Labute approximate surface area is 152 Å². The molecule has 0 radical (unpaired) electrons. The minimum absolute atomic E-state index is 0.0808. The van der Waals surface area contributed by atoms with E-state index < -0.39 is 0 Å². The number of hydrogen-bond acceptors (Lipinski definition) is 5. The van der Waals surface area contributed by atoms with Gasteiger partial charge in [0.15, 0.2) is 11.5 Å². The summed E-state index contributed by atoms with van der Waals surface area (Å²) < 4.78 is 11.1. The van der Waals surface area contributed by atoms with Crippen LogP contribution in [0, 0.1) is 0 Å². The fourth-order valence-electron chi connectivity index (χ4n) is 3.18. The van der Waals surface area contributed by atoms with Crippen LogP contribution in [0.5, 0.6) is 11.5 Å². The van der Waals surface area contributed by atoms with E-state index in [0.29, 0.717) is 32.1 Å². The number of benzene rings is 1. The van der Waals surface area contributed by atoms with E-state index in [0.717, 1.165) is 31.1 Å². The summed E-state index contributed by atoms with van der Waals surface area (Å²) in [6, 6.07) is 9.42. The van der Waals surface area contributed by atoms with Gasteiger partial charge in [-0.05, 0) is 23.8 Å². The molecule has 0 saturated carbocycles. The number of nitrogens with zero attached hydrogens (tertiary/aromatic N) is 3. The van der Waals surface area contributed by atoms with Gasteiger partial charge in [0.1, 0.15) is 13.2 Å². The summed E-state index contributed by atoms with van der Waals surface area (Å²) in [6.07, 6.45) is 3.67. The molecule has 0 spiro atoms. The first-order chi connectivity index (χ1) is 12.8. The lowest BCUT2D eigenvalue weighted by Crippen LogP contribution is -2.49. The van der Waals surface area contributed by atoms with Crippen LogP contribution in [-0.2, 0) is 6.54 Å². The summed E-state index contributed by atoms with van der Waals surface area (Å²) in [6.45, 7) is 5.07. The highest BCUT2D eigenvalue weighted by atomic mass is 16.6. The molecule has 1 N–H and O–H groups in total. The normalized spacial score (nSPS) is 17.0. The first kappa shape index (κ1) is 16.7. The molecule has 2 aromatic rings. The second kappa shape index (κ2) is 7.61. The highest BCUT2D eigenvalue weighted by Gasteiger charge is 2.22.